The predicted molar refractivity (Wildman–Crippen MR) is 47.0 cm³/mol. The Balaban J connectivity index is 2.13. The minimum absolute atomic E-state index is 0.00333. The van der Waals surface area contributed by atoms with Crippen molar-refractivity contribution in [1.82, 2.24) is 5.32 Å². The van der Waals surface area contributed by atoms with Crippen LogP contribution in [0, 0.1) is 0 Å². The van der Waals surface area contributed by atoms with Gasteiger partial charge in [0.2, 0.25) is 0 Å². The highest BCUT2D eigenvalue weighted by Crippen LogP contribution is 2.24. The highest BCUT2D eigenvalue weighted by molar-refractivity contribution is 4.88. The summed E-state index contributed by atoms with van der Waals surface area (Å²) in [5, 5.41) is 3.28. The van der Waals surface area contributed by atoms with Gasteiger partial charge in [0.25, 0.3) is 6.43 Å². The lowest BCUT2D eigenvalue weighted by atomic mass is 9.88. The van der Waals surface area contributed by atoms with Crippen molar-refractivity contribution in [1.29, 1.82) is 0 Å². The normalized spacial score (nSPS) is 28.2. The van der Waals surface area contributed by atoms with Crippen molar-refractivity contribution in [3.63, 3.8) is 0 Å². The Morgan fingerprint density at radius 3 is 2.46 bits per heavy atom. The molecule has 0 saturated heterocycles. The number of hydrogen-bond donors (Lipinski definition) is 1. The molecule has 1 aliphatic carbocycles. The van der Waals surface area contributed by atoms with Gasteiger partial charge in [-0.15, -0.1) is 0 Å². The largest absolute Gasteiger partial charge is 0.371 e. The SMILES string of the molecule is CC(C)N[C@@H]1CC[C@@H]1OCC(F)F. The summed E-state index contributed by atoms with van der Waals surface area (Å²) < 4.78 is 28.6. The van der Waals surface area contributed by atoms with Crippen molar-refractivity contribution in [3.05, 3.63) is 0 Å². The zero-order valence-electron chi connectivity index (χ0n) is 8.09. The third-order valence-corrected chi connectivity index (χ3v) is 2.19. The molecule has 1 saturated carbocycles. The van der Waals surface area contributed by atoms with Gasteiger partial charge >= 0.3 is 0 Å². The van der Waals surface area contributed by atoms with Crippen LogP contribution >= 0.6 is 0 Å². The maximum Gasteiger partial charge on any atom is 0.261 e. The Morgan fingerprint density at radius 1 is 1.38 bits per heavy atom. The van der Waals surface area contributed by atoms with Crippen LogP contribution in [0.5, 0.6) is 0 Å². The van der Waals surface area contributed by atoms with E-state index in [1.54, 1.807) is 0 Å². The standard InChI is InChI=1S/C9H17F2NO/c1-6(2)12-7-3-4-8(7)13-5-9(10)11/h6-9,12H,3-5H2,1-2H3/t7-,8+/m1/s1. The van der Waals surface area contributed by atoms with Gasteiger partial charge < -0.3 is 10.1 Å². The number of halogens is 2. The summed E-state index contributed by atoms with van der Waals surface area (Å²) >= 11 is 0. The molecule has 0 heterocycles. The summed E-state index contributed by atoms with van der Waals surface area (Å²) in [4.78, 5) is 0. The molecule has 0 aromatic heterocycles. The third kappa shape index (κ3) is 3.56. The van der Waals surface area contributed by atoms with Crippen molar-refractivity contribution in [2.75, 3.05) is 6.61 Å². The molecule has 0 bridgehead atoms. The molecule has 0 aliphatic heterocycles. The minimum atomic E-state index is -2.35. The summed E-state index contributed by atoms with van der Waals surface area (Å²) in [5.74, 6) is 0. The molecular formula is C9H17F2NO. The summed E-state index contributed by atoms with van der Waals surface area (Å²) in [6.07, 6.45) is -0.417. The second-order valence-electron chi connectivity index (χ2n) is 3.77. The van der Waals surface area contributed by atoms with E-state index < -0.39 is 13.0 Å². The molecule has 0 amide bonds. The van der Waals surface area contributed by atoms with Gasteiger partial charge in [-0.25, -0.2) is 8.78 Å². The van der Waals surface area contributed by atoms with Crippen LogP contribution in [-0.2, 0) is 4.74 Å². The Morgan fingerprint density at radius 2 is 2.08 bits per heavy atom. The van der Waals surface area contributed by atoms with E-state index in [1.807, 2.05) is 13.8 Å². The van der Waals surface area contributed by atoms with Crippen molar-refractivity contribution in [2.45, 2.75) is 51.3 Å². The molecule has 0 aromatic rings. The lowest BCUT2D eigenvalue weighted by Crippen LogP contribution is -2.51. The van der Waals surface area contributed by atoms with E-state index >= 15 is 0 Å². The fraction of sp³-hybridized carbons (Fsp3) is 1.00. The maximum atomic E-state index is 11.8. The van der Waals surface area contributed by atoms with Crippen molar-refractivity contribution in [3.8, 4) is 0 Å². The van der Waals surface area contributed by atoms with Gasteiger partial charge in [-0.1, -0.05) is 13.8 Å². The molecule has 0 spiro atoms. The van der Waals surface area contributed by atoms with Gasteiger partial charge in [0.15, 0.2) is 0 Å². The van der Waals surface area contributed by atoms with Crippen LogP contribution in [0.3, 0.4) is 0 Å². The highest BCUT2D eigenvalue weighted by atomic mass is 19.3. The van der Waals surface area contributed by atoms with Gasteiger partial charge in [0.05, 0.1) is 6.10 Å². The molecule has 2 nitrogen and oxygen atoms in total. The van der Waals surface area contributed by atoms with E-state index in [1.165, 1.54) is 0 Å². The lowest BCUT2D eigenvalue weighted by molar-refractivity contribution is -0.0719. The second-order valence-corrected chi connectivity index (χ2v) is 3.77. The molecule has 1 N–H and O–H groups in total. The monoisotopic (exact) mass is 193 g/mol. The fourth-order valence-electron chi connectivity index (χ4n) is 1.48. The second kappa shape index (κ2) is 4.86. The Labute approximate surface area is 77.6 Å². The summed E-state index contributed by atoms with van der Waals surface area (Å²) in [6, 6.07) is 0.668. The minimum Gasteiger partial charge on any atom is -0.371 e. The first-order chi connectivity index (χ1) is 6.09. The number of alkyl halides is 2. The van der Waals surface area contributed by atoms with Crippen LogP contribution in [0.25, 0.3) is 0 Å². The zero-order valence-corrected chi connectivity index (χ0v) is 8.09. The van der Waals surface area contributed by atoms with Crippen LogP contribution in [0.1, 0.15) is 26.7 Å². The molecule has 1 rings (SSSR count). The lowest BCUT2D eigenvalue weighted by Gasteiger charge is -2.38. The first-order valence-electron chi connectivity index (χ1n) is 4.75. The van der Waals surface area contributed by atoms with Crippen LogP contribution in [-0.4, -0.2) is 31.2 Å². The topological polar surface area (TPSA) is 21.3 Å². The molecule has 2 atom stereocenters. The Kier molecular flexibility index (Phi) is 4.06. The molecule has 0 radical (unpaired) electrons. The van der Waals surface area contributed by atoms with Crippen molar-refractivity contribution < 1.29 is 13.5 Å². The predicted octanol–water partition coefficient (Wildman–Crippen LogP) is 1.80. The summed E-state index contributed by atoms with van der Waals surface area (Å²) in [7, 11) is 0. The molecular weight excluding hydrogens is 176 g/mol. The fourth-order valence-corrected chi connectivity index (χ4v) is 1.48. The first-order valence-corrected chi connectivity index (χ1v) is 4.75. The summed E-state index contributed by atoms with van der Waals surface area (Å²) in [5.41, 5.74) is 0. The average molecular weight is 193 g/mol. The molecule has 0 unspecified atom stereocenters. The van der Waals surface area contributed by atoms with Crippen molar-refractivity contribution in [2.24, 2.45) is 0 Å². The molecule has 1 aliphatic rings. The van der Waals surface area contributed by atoms with E-state index in [9.17, 15) is 8.78 Å². The molecule has 13 heavy (non-hydrogen) atoms. The first kappa shape index (κ1) is 10.9. The van der Waals surface area contributed by atoms with Crippen LogP contribution < -0.4 is 5.32 Å². The number of nitrogens with one attached hydrogen (secondary N) is 1. The van der Waals surface area contributed by atoms with Gasteiger partial charge in [-0.05, 0) is 12.8 Å². The smallest absolute Gasteiger partial charge is 0.261 e. The number of ether oxygens (including phenoxy) is 1. The van der Waals surface area contributed by atoms with Crippen LogP contribution in [0.4, 0.5) is 8.78 Å². The van der Waals surface area contributed by atoms with Crippen LogP contribution in [0.15, 0.2) is 0 Å². The molecule has 4 heteroatoms. The van der Waals surface area contributed by atoms with Gasteiger partial charge in [0, 0.05) is 12.1 Å². The quantitative estimate of drug-likeness (QED) is 0.718. The maximum absolute atomic E-state index is 11.8. The average Bonchev–Trinajstić information content (AvgIpc) is 1.98. The Bertz CT molecular complexity index is 153. The number of hydrogen-bond acceptors (Lipinski definition) is 2. The van der Waals surface area contributed by atoms with Gasteiger partial charge in [0.1, 0.15) is 6.61 Å². The molecule has 1 fully saturated rings. The van der Waals surface area contributed by atoms with E-state index in [-0.39, 0.29) is 12.1 Å². The molecule has 78 valence electrons. The highest BCUT2D eigenvalue weighted by Gasteiger charge is 2.32. The van der Waals surface area contributed by atoms with E-state index in [0.29, 0.717) is 6.04 Å². The third-order valence-electron chi connectivity index (χ3n) is 2.19. The van der Waals surface area contributed by atoms with E-state index in [0.717, 1.165) is 12.8 Å². The molecule has 0 aromatic carbocycles. The zero-order chi connectivity index (χ0) is 9.84. The summed E-state index contributed by atoms with van der Waals surface area (Å²) in [6.45, 7) is 3.66. The van der Waals surface area contributed by atoms with E-state index in [2.05, 4.69) is 5.32 Å². The van der Waals surface area contributed by atoms with E-state index in [4.69, 9.17) is 4.74 Å². The number of rotatable bonds is 5. The van der Waals surface area contributed by atoms with Gasteiger partial charge in [-0.3, -0.25) is 0 Å². The Hall–Kier alpha value is -0.220. The van der Waals surface area contributed by atoms with Gasteiger partial charge in [-0.2, -0.15) is 0 Å². The van der Waals surface area contributed by atoms with Crippen LogP contribution in [0.2, 0.25) is 0 Å². The van der Waals surface area contributed by atoms with Crippen molar-refractivity contribution >= 4 is 0 Å².